The van der Waals surface area contributed by atoms with Crippen LogP contribution in [0.4, 0.5) is 11.6 Å². The Hall–Kier alpha value is -5.96. The van der Waals surface area contributed by atoms with Crippen molar-refractivity contribution in [3.8, 4) is 17.2 Å². The van der Waals surface area contributed by atoms with E-state index in [1.54, 1.807) is 37.5 Å². The second-order valence-electron chi connectivity index (χ2n) is 18.7. The number of nitrogens with two attached hydrogens (primary N) is 2. The van der Waals surface area contributed by atoms with E-state index in [9.17, 15) is 35.1 Å². The number of ether oxygens (including phenoxy) is 2. The van der Waals surface area contributed by atoms with Gasteiger partial charge in [-0.25, -0.2) is 14.8 Å². The van der Waals surface area contributed by atoms with Gasteiger partial charge in [0.15, 0.2) is 5.43 Å². The number of aliphatic hydroxyl groups excluding tert-OH is 2. The number of aliphatic hydroxyl groups is 3. The number of aryl methyl sites for hydroxylation is 2. The Kier molecular flexibility index (Phi) is 10.3. The van der Waals surface area contributed by atoms with Crippen molar-refractivity contribution in [2.45, 2.75) is 120 Å². The fourth-order valence-corrected chi connectivity index (χ4v) is 12.4. The summed E-state index contributed by atoms with van der Waals surface area (Å²) in [6.45, 7) is 2.59. The van der Waals surface area contributed by atoms with Gasteiger partial charge in [-0.15, -0.1) is 0 Å². The number of allylic oxidation sites excluding steroid dienone is 1. The molecule has 2 aromatic carbocycles. The van der Waals surface area contributed by atoms with E-state index in [1.807, 2.05) is 25.1 Å². The quantitative estimate of drug-likeness (QED) is 0.0806. The summed E-state index contributed by atoms with van der Waals surface area (Å²) >= 11 is 0. The lowest BCUT2D eigenvalue weighted by molar-refractivity contribution is -0.170. The number of aromatic hydroxyl groups is 2. The Labute approximate surface area is 369 Å². The molecule has 5 aromatic rings. The zero-order valence-corrected chi connectivity index (χ0v) is 36.0. The van der Waals surface area contributed by atoms with Crippen LogP contribution in [-0.2, 0) is 41.8 Å². The van der Waals surface area contributed by atoms with Crippen LogP contribution >= 0.6 is 0 Å². The Bertz CT molecular complexity index is 2810. The monoisotopic (exact) mass is 870 g/mol. The molecule has 2 aliphatic heterocycles. The third-order valence-electron chi connectivity index (χ3n) is 15.5. The molecule has 0 saturated heterocycles. The number of phenolic OH excluding ortho intramolecular Hbond substituents is 2. The maximum absolute atomic E-state index is 14.7. The van der Waals surface area contributed by atoms with Crippen molar-refractivity contribution in [2.24, 2.45) is 11.8 Å². The largest absolute Gasteiger partial charge is 0.508 e. The van der Waals surface area contributed by atoms with Crippen LogP contribution < -0.4 is 21.6 Å². The summed E-state index contributed by atoms with van der Waals surface area (Å²) in [5.41, 5.74) is 15.7. The first-order valence-electron chi connectivity index (χ1n) is 22.4. The third-order valence-corrected chi connectivity index (χ3v) is 15.5. The van der Waals surface area contributed by atoms with E-state index < -0.39 is 65.4 Å². The first-order valence-corrected chi connectivity index (χ1v) is 22.4. The summed E-state index contributed by atoms with van der Waals surface area (Å²) in [6, 6.07) is 10.1. The first kappa shape index (κ1) is 42.0. The smallest absolute Gasteiger partial charge is 0.337 e. The molecule has 3 aliphatic carbocycles. The lowest BCUT2D eigenvalue weighted by atomic mass is 9.62. The van der Waals surface area contributed by atoms with Gasteiger partial charge < -0.3 is 50.9 Å². The number of benzene rings is 2. The van der Waals surface area contributed by atoms with Crippen molar-refractivity contribution < 1.29 is 44.2 Å². The molecule has 0 spiro atoms. The normalized spacial score (nSPS) is 26.8. The molecule has 9 N–H and O–H groups in total. The van der Waals surface area contributed by atoms with Crippen LogP contribution in [0.2, 0.25) is 0 Å². The predicted octanol–water partition coefficient (Wildman–Crippen LogP) is 5.88. The van der Waals surface area contributed by atoms with Crippen molar-refractivity contribution in [3.63, 3.8) is 0 Å². The van der Waals surface area contributed by atoms with Gasteiger partial charge in [0.05, 0.1) is 17.8 Å². The maximum Gasteiger partial charge on any atom is 0.337 e. The molecule has 7 atom stereocenters. The molecule has 1 fully saturated rings. The summed E-state index contributed by atoms with van der Waals surface area (Å²) in [4.78, 5) is 38.2. The van der Waals surface area contributed by atoms with Crippen LogP contribution in [-0.4, -0.2) is 65.4 Å². The highest BCUT2D eigenvalue weighted by atomic mass is 16.6. The summed E-state index contributed by atoms with van der Waals surface area (Å²) in [5.74, 6) is -3.01. The van der Waals surface area contributed by atoms with E-state index >= 15 is 0 Å². The van der Waals surface area contributed by atoms with E-state index in [0.717, 1.165) is 41.2 Å². The SMILES string of the molecule is C/C=C(\C(=O)O[C@@H]1Cc2c3c(c4oc(CO)cc(=O)c4c2O)[C@H]2c4ccnc(N)c4[C@@H](CCc4ccc(O)cc4[C@H]2CO)[C@H]2CCc4cc(N)ncc4C[C@@H]2[C@]1(C)O3)C1(O)CCCC1. The zero-order valence-electron chi connectivity index (χ0n) is 36.0. The maximum atomic E-state index is 14.7. The Morgan fingerprint density at radius 1 is 0.969 bits per heavy atom. The number of pyridine rings is 2. The average molecular weight is 871 g/mol. The Balaban J connectivity index is 1.33. The van der Waals surface area contributed by atoms with Crippen LogP contribution in [0.15, 0.2) is 69.7 Å². The van der Waals surface area contributed by atoms with Gasteiger partial charge in [0.1, 0.15) is 63.9 Å². The molecule has 14 nitrogen and oxygen atoms in total. The highest BCUT2D eigenvalue weighted by molar-refractivity contribution is 5.93. The van der Waals surface area contributed by atoms with Gasteiger partial charge in [-0.1, -0.05) is 25.0 Å². The van der Waals surface area contributed by atoms with Crippen molar-refractivity contribution in [2.75, 3.05) is 18.1 Å². The summed E-state index contributed by atoms with van der Waals surface area (Å²) in [6.07, 6.45) is 8.97. The van der Waals surface area contributed by atoms with Crippen molar-refractivity contribution in [3.05, 3.63) is 121 Å². The minimum absolute atomic E-state index is 0.00273. The zero-order chi connectivity index (χ0) is 44.8. The van der Waals surface area contributed by atoms with Crippen LogP contribution in [0.5, 0.6) is 17.2 Å². The van der Waals surface area contributed by atoms with Gasteiger partial charge in [-0.3, -0.25) is 4.79 Å². The number of fused-ring (bicyclic) bond motifs is 9. The van der Waals surface area contributed by atoms with Crippen LogP contribution in [0.25, 0.3) is 11.0 Å². The number of esters is 1. The standard InChI is InChI=1S/C50H54N4O10/c1-3-35(50(61)13-4-5-14-50)48(60)63-38-20-33-44(59)42-37(58)19-28(22-55)62-46(42)43-40-31-12-15-53-47(52)41(31)30(11-7-24-6-9-27(57)18-32(24)34(40)23-56)29-10-8-25-17-39(51)54-21-26(25)16-36(29)49(38,2)64-45(33)43/h3,6,9,12,15,17-19,21,29-30,34,36,38,40,55-57,59,61H,4-5,7-8,10-11,13-14,16,20,22-23H2,1-2H3,(H2,51,54)(H2,52,53)/b35-3+/t29-,30+,34-,36+,38-,40+,49+/m1/s1. The van der Waals surface area contributed by atoms with Gasteiger partial charge >= 0.3 is 5.97 Å². The number of nitrogen functional groups attached to an aromatic ring is 2. The molecule has 3 aromatic heterocycles. The summed E-state index contributed by atoms with van der Waals surface area (Å²) in [5, 5.41) is 57.4. The number of anilines is 2. The molecule has 10 rings (SSSR count). The van der Waals surface area contributed by atoms with Gasteiger partial charge in [0.2, 0.25) is 0 Å². The molecular formula is C50H54N4O10. The number of nitrogens with zero attached hydrogens (tertiary/aromatic N) is 2. The second kappa shape index (κ2) is 15.6. The van der Waals surface area contributed by atoms with Crippen molar-refractivity contribution in [1.29, 1.82) is 0 Å². The number of aromatic nitrogens is 2. The summed E-state index contributed by atoms with van der Waals surface area (Å²) < 4.78 is 20.8. The molecule has 0 unspecified atom stereocenters. The molecule has 64 heavy (non-hydrogen) atoms. The molecule has 5 heterocycles. The van der Waals surface area contributed by atoms with Gasteiger partial charge in [-0.2, -0.15) is 0 Å². The number of phenols is 2. The third kappa shape index (κ3) is 6.47. The van der Waals surface area contributed by atoms with E-state index in [4.69, 9.17) is 30.3 Å². The average Bonchev–Trinajstić information content (AvgIpc) is 3.64. The van der Waals surface area contributed by atoms with E-state index in [2.05, 4.69) is 4.98 Å². The fourth-order valence-electron chi connectivity index (χ4n) is 12.4. The fraction of sp³-hybridized carbons (Fsp3) is 0.440. The molecule has 5 aliphatic rings. The molecular weight excluding hydrogens is 817 g/mol. The summed E-state index contributed by atoms with van der Waals surface area (Å²) in [7, 11) is 0. The lowest BCUT2D eigenvalue weighted by Gasteiger charge is -2.51. The van der Waals surface area contributed by atoms with Gasteiger partial charge in [0, 0.05) is 59.3 Å². The van der Waals surface area contributed by atoms with Crippen LogP contribution in [0, 0.1) is 11.8 Å². The number of hydrogen-bond donors (Lipinski definition) is 7. The van der Waals surface area contributed by atoms with E-state index in [-0.39, 0.29) is 63.4 Å². The molecule has 334 valence electrons. The molecule has 0 amide bonds. The molecule has 0 radical (unpaired) electrons. The van der Waals surface area contributed by atoms with Crippen LogP contribution in [0.3, 0.4) is 0 Å². The van der Waals surface area contributed by atoms with Gasteiger partial charge in [0.25, 0.3) is 0 Å². The van der Waals surface area contributed by atoms with Gasteiger partial charge in [-0.05, 0) is 123 Å². The minimum Gasteiger partial charge on any atom is -0.508 e. The van der Waals surface area contributed by atoms with E-state index in [1.165, 1.54) is 0 Å². The molecule has 1 saturated carbocycles. The number of rotatable bonds is 5. The van der Waals surface area contributed by atoms with Crippen LogP contribution in [0.1, 0.15) is 120 Å². The predicted molar refractivity (Wildman–Crippen MR) is 237 cm³/mol. The minimum atomic E-state index is -1.39. The van der Waals surface area contributed by atoms with Crippen molar-refractivity contribution in [1.82, 2.24) is 9.97 Å². The first-order chi connectivity index (χ1) is 30.8. The highest BCUT2D eigenvalue weighted by Gasteiger charge is 2.57. The topological polar surface area (TPSA) is 245 Å². The molecule has 4 bridgehead atoms. The lowest BCUT2D eigenvalue weighted by Crippen LogP contribution is -2.59. The van der Waals surface area contributed by atoms with Crippen molar-refractivity contribution >= 4 is 28.6 Å². The second-order valence-corrected chi connectivity index (χ2v) is 18.7. The highest BCUT2D eigenvalue weighted by Crippen LogP contribution is 2.60. The number of carbonyl (C=O) groups excluding carboxylic acids is 1. The molecule has 14 heteroatoms. The van der Waals surface area contributed by atoms with E-state index in [0.29, 0.717) is 67.5 Å². The Morgan fingerprint density at radius 2 is 1.75 bits per heavy atom. The Morgan fingerprint density at radius 3 is 2.50 bits per heavy atom. The number of hydrogen-bond acceptors (Lipinski definition) is 14. The number of carbonyl (C=O) groups is 1.